The number of rotatable bonds is 11. The van der Waals surface area contributed by atoms with Crippen LogP contribution in [0.5, 0.6) is 5.88 Å². The first-order chi connectivity index (χ1) is 16.2. The highest BCUT2D eigenvalue weighted by atomic mass is 32.2. The van der Waals surface area contributed by atoms with Gasteiger partial charge in [-0.05, 0) is 24.6 Å². The third kappa shape index (κ3) is 6.42. The number of anilines is 1. The van der Waals surface area contributed by atoms with Crippen molar-refractivity contribution in [2.75, 3.05) is 25.0 Å². The van der Waals surface area contributed by atoms with Gasteiger partial charge in [0.1, 0.15) is 5.69 Å². The van der Waals surface area contributed by atoms with Crippen LogP contribution in [-0.2, 0) is 14.8 Å². The lowest BCUT2D eigenvalue weighted by atomic mass is 10.1. The highest BCUT2D eigenvalue weighted by Gasteiger charge is 2.24. The van der Waals surface area contributed by atoms with Crippen molar-refractivity contribution in [1.82, 2.24) is 20.3 Å². The van der Waals surface area contributed by atoms with Crippen molar-refractivity contribution in [1.29, 1.82) is 0 Å². The van der Waals surface area contributed by atoms with E-state index in [0.717, 1.165) is 11.3 Å². The van der Waals surface area contributed by atoms with Gasteiger partial charge in [0, 0.05) is 19.0 Å². The highest BCUT2D eigenvalue weighted by Crippen LogP contribution is 2.26. The summed E-state index contributed by atoms with van der Waals surface area (Å²) < 4.78 is 60.6. The number of hydrogen-bond acceptors (Lipinski definition) is 9. The van der Waals surface area contributed by atoms with Gasteiger partial charge in [0.2, 0.25) is 5.88 Å². The third-order valence-corrected chi connectivity index (χ3v) is 6.29. The summed E-state index contributed by atoms with van der Waals surface area (Å²) in [6.07, 6.45) is 4.49. The van der Waals surface area contributed by atoms with Gasteiger partial charge in [-0.1, -0.05) is 12.1 Å². The molecule has 34 heavy (non-hydrogen) atoms. The van der Waals surface area contributed by atoms with E-state index in [9.17, 15) is 22.0 Å². The van der Waals surface area contributed by atoms with Crippen LogP contribution in [0.25, 0.3) is 10.6 Å². The molecule has 0 aliphatic heterocycles. The molecule has 2 aromatic heterocycles. The van der Waals surface area contributed by atoms with Crippen LogP contribution in [0.15, 0.2) is 42.9 Å². The van der Waals surface area contributed by atoms with Crippen molar-refractivity contribution in [3.63, 3.8) is 0 Å². The Morgan fingerprint density at radius 2 is 2.03 bits per heavy atom. The SMILES string of the molecule is CCOc1cncc(-c2cnc(C(=O)N[C@H](COC)c3cccc(NS(=O)(=O)C(F)F)c3)s2)n1. The van der Waals surface area contributed by atoms with Crippen molar-refractivity contribution < 1.29 is 31.5 Å². The lowest BCUT2D eigenvalue weighted by molar-refractivity contribution is 0.0896. The van der Waals surface area contributed by atoms with E-state index in [1.54, 1.807) is 6.07 Å². The van der Waals surface area contributed by atoms with Crippen molar-refractivity contribution >= 4 is 33.0 Å². The summed E-state index contributed by atoms with van der Waals surface area (Å²) in [6.45, 7) is 2.29. The molecule has 2 N–H and O–H groups in total. The molecule has 3 aromatic rings. The number of nitrogens with zero attached hydrogens (tertiary/aromatic N) is 3. The van der Waals surface area contributed by atoms with Gasteiger partial charge in [0.15, 0.2) is 5.01 Å². The molecule has 0 unspecified atom stereocenters. The second-order valence-electron chi connectivity index (χ2n) is 6.72. The molecule has 0 saturated heterocycles. The Kier molecular flexibility index (Phi) is 8.41. The monoisotopic (exact) mass is 513 g/mol. The molecule has 10 nitrogen and oxygen atoms in total. The zero-order valence-corrected chi connectivity index (χ0v) is 19.7. The Hall–Kier alpha value is -3.23. The summed E-state index contributed by atoms with van der Waals surface area (Å²) in [5.41, 5.74) is 0.865. The number of alkyl halides is 2. The number of sulfonamides is 1. The fourth-order valence-electron chi connectivity index (χ4n) is 2.82. The third-order valence-electron chi connectivity index (χ3n) is 4.28. The zero-order chi connectivity index (χ0) is 24.7. The van der Waals surface area contributed by atoms with Crippen molar-refractivity contribution in [3.8, 4) is 16.5 Å². The number of nitrogens with one attached hydrogen (secondary N) is 2. The lowest BCUT2D eigenvalue weighted by Crippen LogP contribution is -2.31. The molecule has 3 rings (SSSR count). The minimum Gasteiger partial charge on any atom is -0.477 e. The largest absolute Gasteiger partial charge is 0.477 e. The van der Waals surface area contributed by atoms with Crippen LogP contribution in [0.2, 0.25) is 0 Å². The van der Waals surface area contributed by atoms with E-state index in [4.69, 9.17) is 9.47 Å². The van der Waals surface area contributed by atoms with Crippen LogP contribution >= 0.6 is 11.3 Å². The number of methoxy groups -OCH3 is 1. The standard InChI is InChI=1S/C20H21F2N5O5S2/c1-3-32-17-10-23-8-14(25-17)16-9-24-19(33-16)18(28)26-15(11-31-2)12-5-4-6-13(7-12)27-34(29,30)20(21)22/h4-10,15,20,27H,3,11H2,1-2H3,(H,26,28)/t15-/m1/s1. The molecule has 0 aliphatic carbocycles. The number of halogens is 2. The predicted octanol–water partition coefficient (Wildman–Crippen LogP) is 3.08. The molecule has 1 amide bonds. The summed E-state index contributed by atoms with van der Waals surface area (Å²) in [4.78, 5) is 26.0. The van der Waals surface area contributed by atoms with Gasteiger partial charge >= 0.3 is 5.76 Å². The molecule has 2 heterocycles. The number of ether oxygens (including phenoxy) is 2. The van der Waals surface area contributed by atoms with E-state index < -0.39 is 27.7 Å². The minimum absolute atomic E-state index is 0.0386. The van der Waals surface area contributed by atoms with E-state index in [1.807, 2.05) is 11.6 Å². The van der Waals surface area contributed by atoms with Crippen LogP contribution < -0.4 is 14.8 Å². The maximum absolute atomic E-state index is 12.8. The van der Waals surface area contributed by atoms with Crippen LogP contribution in [-0.4, -0.2) is 55.4 Å². The number of hydrogen-bond donors (Lipinski definition) is 2. The molecule has 0 radical (unpaired) electrons. The van der Waals surface area contributed by atoms with Gasteiger partial charge in [-0.2, -0.15) is 8.78 Å². The van der Waals surface area contributed by atoms with Crippen molar-refractivity contribution in [2.24, 2.45) is 0 Å². The summed E-state index contributed by atoms with van der Waals surface area (Å²) in [6, 6.07) is 5.03. The topological polar surface area (TPSA) is 132 Å². The Morgan fingerprint density at radius 3 is 2.74 bits per heavy atom. The summed E-state index contributed by atoms with van der Waals surface area (Å²) in [7, 11) is -3.41. The van der Waals surface area contributed by atoms with Crippen molar-refractivity contribution in [3.05, 3.63) is 53.4 Å². The second-order valence-corrected chi connectivity index (χ2v) is 9.40. The minimum atomic E-state index is -4.83. The maximum Gasteiger partial charge on any atom is 0.355 e. The normalized spacial score (nSPS) is 12.4. The zero-order valence-electron chi connectivity index (χ0n) is 18.1. The van der Waals surface area contributed by atoms with Crippen LogP contribution in [0.3, 0.4) is 0 Å². The number of thiazole rings is 1. The fraction of sp³-hybridized carbons (Fsp3) is 0.300. The molecule has 0 saturated carbocycles. The molecule has 14 heteroatoms. The highest BCUT2D eigenvalue weighted by molar-refractivity contribution is 7.93. The number of aromatic nitrogens is 3. The van der Waals surface area contributed by atoms with E-state index in [0.29, 0.717) is 28.6 Å². The average Bonchev–Trinajstić information content (AvgIpc) is 3.30. The molecule has 0 bridgehead atoms. The molecule has 1 atom stereocenters. The Labute approximate surface area is 198 Å². The van der Waals surface area contributed by atoms with E-state index in [2.05, 4.69) is 20.3 Å². The maximum atomic E-state index is 12.8. The molecular formula is C20H21F2N5O5S2. The molecule has 1 aromatic carbocycles. The summed E-state index contributed by atoms with van der Waals surface area (Å²) >= 11 is 1.09. The predicted molar refractivity (Wildman–Crippen MR) is 121 cm³/mol. The average molecular weight is 514 g/mol. The van der Waals surface area contributed by atoms with E-state index in [1.165, 1.54) is 43.9 Å². The molecule has 0 fully saturated rings. The molecular weight excluding hydrogens is 492 g/mol. The molecule has 0 aliphatic rings. The lowest BCUT2D eigenvalue weighted by Gasteiger charge is -2.19. The fourth-order valence-corrected chi connectivity index (χ4v) is 4.14. The first-order valence-electron chi connectivity index (χ1n) is 9.84. The van der Waals surface area contributed by atoms with E-state index in [-0.39, 0.29) is 17.3 Å². The van der Waals surface area contributed by atoms with Gasteiger partial charge in [-0.25, -0.2) is 18.4 Å². The smallest absolute Gasteiger partial charge is 0.355 e. The van der Waals surface area contributed by atoms with Crippen molar-refractivity contribution in [2.45, 2.75) is 18.7 Å². The summed E-state index contributed by atoms with van der Waals surface area (Å²) in [5, 5.41) is 2.91. The Balaban J connectivity index is 1.77. The number of carbonyl (C=O) groups is 1. The van der Waals surface area contributed by atoms with Crippen LogP contribution in [0.1, 0.15) is 28.3 Å². The Morgan fingerprint density at radius 1 is 1.24 bits per heavy atom. The van der Waals surface area contributed by atoms with Crippen LogP contribution in [0, 0.1) is 0 Å². The second kappa shape index (κ2) is 11.3. The summed E-state index contributed by atoms with van der Waals surface area (Å²) in [5.74, 6) is -3.74. The van der Waals surface area contributed by atoms with Gasteiger partial charge in [0.05, 0.1) is 36.5 Å². The number of benzene rings is 1. The van der Waals surface area contributed by atoms with E-state index >= 15 is 0 Å². The van der Waals surface area contributed by atoms with Gasteiger partial charge in [0.25, 0.3) is 15.9 Å². The van der Waals surface area contributed by atoms with Gasteiger partial charge in [-0.15, -0.1) is 11.3 Å². The van der Waals surface area contributed by atoms with Gasteiger partial charge < -0.3 is 14.8 Å². The Bertz CT molecular complexity index is 1240. The van der Waals surface area contributed by atoms with Crippen LogP contribution in [0.4, 0.5) is 14.5 Å². The first-order valence-corrected chi connectivity index (χ1v) is 12.2. The van der Waals surface area contributed by atoms with Gasteiger partial charge in [-0.3, -0.25) is 14.5 Å². The first kappa shape index (κ1) is 25.4. The quantitative estimate of drug-likeness (QED) is 0.400. The number of carbonyl (C=O) groups excluding carboxylic acids is 1. The molecule has 182 valence electrons. The number of amides is 1. The molecule has 0 spiro atoms.